The fraction of sp³-hybridized carbons (Fsp3) is 0.500. The molecule has 0 aromatic carbocycles. The van der Waals surface area contributed by atoms with Gasteiger partial charge in [-0.2, -0.15) is 0 Å². The molecule has 84 valence electrons. The molecule has 9 heteroatoms. The normalized spacial score (nSPS) is 11.8. The number of rotatable bonds is 3. The average molecular weight is 231 g/mol. The molecule has 0 aliphatic carbocycles. The molecule has 0 unspecified atom stereocenters. The molecule has 0 bridgehead atoms. The fourth-order valence-corrected chi connectivity index (χ4v) is 0.720. The average Bonchev–Trinajstić information content (AvgIpc) is 2.16. The molecule has 1 rings (SSSR count). The van der Waals surface area contributed by atoms with E-state index in [-0.39, 0.29) is 0 Å². The Morgan fingerprint density at radius 2 is 0.733 bits per heavy atom. The highest BCUT2D eigenvalue weighted by molar-refractivity contribution is 5.00. The van der Waals surface area contributed by atoms with Crippen LogP contribution in [0, 0.1) is 0 Å². The Morgan fingerprint density at radius 3 is 0.867 bits per heavy atom. The molecule has 1 aromatic rings. The molecule has 0 saturated carbocycles. The summed E-state index contributed by atoms with van der Waals surface area (Å²) in [6.07, 6.45) is -9.91. The monoisotopic (exact) mass is 231 g/mol. The van der Waals surface area contributed by atoms with Gasteiger partial charge in [-0.1, -0.05) is 0 Å². The zero-order chi connectivity index (χ0) is 11.6. The minimum atomic E-state index is -3.30. The highest BCUT2D eigenvalue weighted by atomic mass is 19.3. The number of aromatic nitrogens is 3. The van der Waals surface area contributed by atoms with E-state index < -0.39 is 36.7 Å². The zero-order valence-corrected chi connectivity index (χ0v) is 6.84. The second kappa shape index (κ2) is 4.41. The first-order valence-corrected chi connectivity index (χ1v) is 3.52. The number of alkyl halides is 6. The Labute approximate surface area is 79.2 Å². The lowest BCUT2D eigenvalue weighted by molar-refractivity contribution is 0.111. The number of hydrogen-bond acceptors (Lipinski definition) is 3. The molecule has 0 aliphatic rings. The van der Waals surface area contributed by atoms with E-state index in [4.69, 9.17) is 0 Å². The van der Waals surface area contributed by atoms with Crippen molar-refractivity contribution < 1.29 is 26.3 Å². The third kappa shape index (κ3) is 2.77. The van der Waals surface area contributed by atoms with Gasteiger partial charge in [-0.3, -0.25) is 0 Å². The van der Waals surface area contributed by atoms with Crippen molar-refractivity contribution in [2.75, 3.05) is 0 Å². The number of hydrogen-bond donors (Lipinski definition) is 0. The SMILES string of the molecule is FC(F)c1nc(C(F)F)nc(C(F)F)n1. The van der Waals surface area contributed by atoms with Crippen LogP contribution in [-0.4, -0.2) is 15.0 Å². The molecule has 1 heterocycles. The lowest BCUT2D eigenvalue weighted by atomic mass is 10.5. The molecule has 0 spiro atoms. The third-order valence-corrected chi connectivity index (χ3v) is 1.27. The van der Waals surface area contributed by atoms with Gasteiger partial charge in [0.15, 0.2) is 17.5 Å². The van der Waals surface area contributed by atoms with Crippen molar-refractivity contribution in [3.05, 3.63) is 17.5 Å². The minimum Gasteiger partial charge on any atom is -0.206 e. The van der Waals surface area contributed by atoms with Gasteiger partial charge < -0.3 is 0 Å². The van der Waals surface area contributed by atoms with Crippen LogP contribution in [-0.2, 0) is 0 Å². The van der Waals surface area contributed by atoms with Crippen LogP contribution in [0.4, 0.5) is 26.3 Å². The van der Waals surface area contributed by atoms with Crippen molar-refractivity contribution in [2.24, 2.45) is 0 Å². The van der Waals surface area contributed by atoms with Crippen molar-refractivity contribution in [1.29, 1.82) is 0 Å². The van der Waals surface area contributed by atoms with Gasteiger partial charge in [-0.15, -0.1) is 0 Å². The summed E-state index contributed by atoms with van der Waals surface area (Å²) in [5, 5.41) is 0. The van der Waals surface area contributed by atoms with E-state index in [1.54, 1.807) is 0 Å². The van der Waals surface area contributed by atoms with Gasteiger partial charge in [0, 0.05) is 0 Å². The van der Waals surface area contributed by atoms with E-state index >= 15 is 0 Å². The van der Waals surface area contributed by atoms with Crippen LogP contribution in [0.25, 0.3) is 0 Å². The maximum absolute atomic E-state index is 12.0. The molecule has 0 radical (unpaired) electrons. The predicted octanol–water partition coefficient (Wildman–Crippen LogP) is 2.68. The molecule has 0 amide bonds. The molecule has 0 N–H and O–H groups in total. The topological polar surface area (TPSA) is 38.7 Å². The van der Waals surface area contributed by atoms with E-state index in [1.165, 1.54) is 0 Å². The van der Waals surface area contributed by atoms with Crippen LogP contribution in [0.5, 0.6) is 0 Å². The smallest absolute Gasteiger partial charge is 0.206 e. The van der Waals surface area contributed by atoms with Crippen molar-refractivity contribution in [3.8, 4) is 0 Å². The van der Waals surface area contributed by atoms with Gasteiger partial charge in [-0.05, 0) is 0 Å². The minimum absolute atomic E-state index is 1.38. The zero-order valence-electron chi connectivity index (χ0n) is 6.84. The maximum atomic E-state index is 12.0. The summed E-state index contributed by atoms with van der Waals surface area (Å²) >= 11 is 0. The largest absolute Gasteiger partial charge is 0.297 e. The molecule has 0 atom stereocenters. The second-order valence-electron chi connectivity index (χ2n) is 2.31. The van der Waals surface area contributed by atoms with Gasteiger partial charge >= 0.3 is 0 Å². The van der Waals surface area contributed by atoms with Crippen LogP contribution in [0.3, 0.4) is 0 Å². The van der Waals surface area contributed by atoms with E-state index in [2.05, 4.69) is 15.0 Å². The predicted molar refractivity (Wildman–Crippen MR) is 34.7 cm³/mol. The van der Waals surface area contributed by atoms with E-state index in [1.807, 2.05) is 0 Å². The Hall–Kier alpha value is -1.41. The highest BCUT2D eigenvalue weighted by Crippen LogP contribution is 2.22. The Morgan fingerprint density at radius 1 is 0.533 bits per heavy atom. The molecular formula is C6H3F6N3. The third-order valence-electron chi connectivity index (χ3n) is 1.27. The molecule has 15 heavy (non-hydrogen) atoms. The van der Waals surface area contributed by atoms with Crippen LogP contribution in [0.1, 0.15) is 36.7 Å². The van der Waals surface area contributed by atoms with E-state index in [9.17, 15) is 26.3 Å². The standard InChI is InChI=1S/C6H3F6N3/c7-1(8)4-13-5(2(9)10)15-6(14-4)3(11)12/h1-3H. The summed E-state index contributed by atoms with van der Waals surface area (Å²) in [6, 6.07) is 0. The van der Waals surface area contributed by atoms with Crippen LogP contribution in [0.2, 0.25) is 0 Å². The van der Waals surface area contributed by atoms with E-state index in [0.29, 0.717) is 0 Å². The van der Waals surface area contributed by atoms with Crippen LogP contribution >= 0.6 is 0 Å². The summed E-state index contributed by atoms with van der Waals surface area (Å²) in [6.45, 7) is 0. The van der Waals surface area contributed by atoms with Crippen LogP contribution < -0.4 is 0 Å². The summed E-state index contributed by atoms with van der Waals surface area (Å²) < 4.78 is 72.1. The lowest BCUT2D eigenvalue weighted by Crippen LogP contribution is -2.09. The first-order chi connectivity index (χ1) is 6.91. The number of halogens is 6. The summed E-state index contributed by atoms with van der Waals surface area (Å²) in [5.74, 6) is -4.14. The van der Waals surface area contributed by atoms with Gasteiger partial charge in [0.2, 0.25) is 0 Å². The molecular weight excluding hydrogens is 228 g/mol. The fourth-order valence-electron chi connectivity index (χ4n) is 0.720. The molecule has 0 aliphatic heterocycles. The number of nitrogens with zero attached hydrogens (tertiary/aromatic N) is 3. The lowest BCUT2D eigenvalue weighted by Gasteiger charge is -2.04. The van der Waals surface area contributed by atoms with Gasteiger partial charge in [0.1, 0.15) is 0 Å². The molecule has 1 aromatic heterocycles. The van der Waals surface area contributed by atoms with E-state index in [0.717, 1.165) is 0 Å². The highest BCUT2D eigenvalue weighted by Gasteiger charge is 2.23. The molecule has 0 fully saturated rings. The van der Waals surface area contributed by atoms with Gasteiger partial charge in [0.05, 0.1) is 0 Å². The van der Waals surface area contributed by atoms with Crippen LogP contribution in [0.15, 0.2) is 0 Å². The quantitative estimate of drug-likeness (QED) is 0.750. The van der Waals surface area contributed by atoms with Gasteiger partial charge in [0.25, 0.3) is 19.3 Å². The summed E-state index contributed by atoms with van der Waals surface area (Å²) in [5.41, 5.74) is 0. The molecule has 0 saturated heterocycles. The second-order valence-corrected chi connectivity index (χ2v) is 2.31. The van der Waals surface area contributed by atoms with Crippen molar-refractivity contribution in [1.82, 2.24) is 15.0 Å². The van der Waals surface area contributed by atoms with Crippen molar-refractivity contribution in [2.45, 2.75) is 19.3 Å². The summed E-state index contributed by atoms with van der Waals surface area (Å²) in [7, 11) is 0. The first kappa shape index (κ1) is 11.7. The molecule has 3 nitrogen and oxygen atoms in total. The van der Waals surface area contributed by atoms with Crippen molar-refractivity contribution >= 4 is 0 Å². The first-order valence-electron chi connectivity index (χ1n) is 3.52. The maximum Gasteiger partial charge on any atom is 0.297 e. The Kier molecular flexibility index (Phi) is 3.43. The Balaban J connectivity index is 3.20. The summed E-state index contributed by atoms with van der Waals surface area (Å²) in [4.78, 5) is 7.98. The Bertz CT molecular complexity index is 277. The van der Waals surface area contributed by atoms with Crippen molar-refractivity contribution in [3.63, 3.8) is 0 Å². The van der Waals surface area contributed by atoms with Gasteiger partial charge in [-0.25, -0.2) is 41.3 Å².